The maximum Gasteiger partial charge on any atom is 0.326 e. The number of aromatic amines is 1. The highest BCUT2D eigenvalue weighted by molar-refractivity contribution is 5.95. The predicted molar refractivity (Wildman–Crippen MR) is 153 cm³/mol. The van der Waals surface area contributed by atoms with E-state index in [0.717, 1.165) is 16.5 Å². The van der Waals surface area contributed by atoms with Crippen molar-refractivity contribution >= 4 is 40.6 Å². The van der Waals surface area contributed by atoms with Gasteiger partial charge in [0.2, 0.25) is 17.7 Å². The fourth-order valence-electron chi connectivity index (χ4n) is 4.11. The van der Waals surface area contributed by atoms with Gasteiger partial charge in [0.05, 0.1) is 6.04 Å². The average Bonchev–Trinajstić information content (AvgIpc) is 3.29. The molecule has 0 aliphatic rings. The van der Waals surface area contributed by atoms with Gasteiger partial charge in [0.25, 0.3) is 0 Å². The lowest BCUT2D eigenvalue weighted by molar-refractivity contribution is -0.143. The molecule has 220 valence electrons. The quantitative estimate of drug-likeness (QED) is 0.0836. The SMILES string of the molecule is CC(C)C(N)C(=O)NC(Cc1c[nH]c2ccccc12)C(=O)NC(CCCN=C(N)N)C(=O)NC(C(=O)O)C(C)C. The summed E-state index contributed by atoms with van der Waals surface area (Å²) in [5.74, 6) is -3.67. The molecule has 4 unspecified atom stereocenters. The number of guanidine groups is 1. The predicted octanol–water partition coefficient (Wildman–Crippen LogP) is -0.0577. The molecule has 0 fully saturated rings. The van der Waals surface area contributed by atoms with E-state index in [2.05, 4.69) is 25.9 Å². The monoisotopic (exact) mass is 558 g/mol. The van der Waals surface area contributed by atoms with E-state index in [1.54, 1.807) is 33.9 Å². The van der Waals surface area contributed by atoms with E-state index >= 15 is 0 Å². The second kappa shape index (κ2) is 14.9. The number of aliphatic imine (C=N–C) groups is 1. The molecule has 11 N–H and O–H groups in total. The van der Waals surface area contributed by atoms with Gasteiger partial charge in [-0.3, -0.25) is 19.4 Å². The normalized spacial score (nSPS) is 14.3. The van der Waals surface area contributed by atoms with Crippen LogP contribution in [0.3, 0.4) is 0 Å². The molecule has 40 heavy (non-hydrogen) atoms. The van der Waals surface area contributed by atoms with Gasteiger partial charge in [-0.1, -0.05) is 45.9 Å². The smallest absolute Gasteiger partial charge is 0.326 e. The van der Waals surface area contributed by atoms with Crippen LogP contribution in [-0.4, -0.2) is 70.5 Å². The molecule has 1 aromatic heterocycles. The summed E-state index contributed by atoms with van der Waals surface area (Å²) in [7, 11) is 0. The van der Waals surface area contributed by atoms with Gasteiger partial charge in [0.15, 0.2) is 5.96 Å². The molecule has 0 aliphatic heterocycles. The van der Waals surface area contributed by atoms with E-state index in [1.807, 2.05) is 24.3 Å². The Morgan fingerprint density at radius 3 is 2.15 bits per heavy atom. The zero-order valence-corrected chi connectivity index (χ0v) is 23.4. The van der Waals surface area contributed by atoms with Crippen LogP contribution in [0.5, 0.6) is 0 Å². The minimum atomic E-state index is -1.19. The minimum absolute atomic E-state index is 0.112. The molecule has 1 aromatic carbocycles. The zero-order chi connectivity index (χ0) is 30.0. The van der Waals surface area contributed by atoms with Crippen molar-refractivity contribution in [2.75, 3.05) is 6.54 Å². The van der Waals surface area contributed by atoms with Crippen LogP contribution in [0.4, 0.5) is 0 Å². The molecule has 1 heterocycles. The number of H-pyrrole nitrogens is 1. The van der Waals surface area contributed by atoms with Gasteiger partial charge >= 0.3 is 5.97 Å². The van der Waals surface area contributed by atoms with Crippen LogP contribution in [0.15, 0.2) is 35.5 Å². The molecule has 0 bridgehead atoms. The minimum Gasteiger partial charge on any atom is -0.480 e. The molecule has 13 nitrogen and oxygen atoms in total. The molecule has 3 amide bonds. The number of carbonyl (C=O) groups excluding carboxylic acids is 3. The summed E-state index contributed by atoms with van der Waals surface area (Å²) >= 11 is 0. The van der Waals surface area contributed by atoms with Crippen LogP contribution in [-0.2, 0) is 25.6 Å². The van der Waals surface area contributed by atoms with Gasteiger partial charge in [0.1, 0.15) is 18.1 Å². The summed E-state index contributed by atoms with van der Waals surface area (Å²) < 4.78 is 0. The van der Waals surface area contributed by atoms with Crippen molar-refractivity contribution in [3.63, 3.8) is 0 Å². The van der Waals surface area contributed by atoms with Crippen molar-refractivity contribution < 1.29 is 24.3 Å². The number of nitrogens with zero attached hydrogens (tertiary/aromatic N) is 1. The summed E-state index contributed by atoms with van der Waals surface area (Å²) in [4.78, 5) is 58.4. The number of carbonyl (C=O) groups is 4. The van der Waals surface area contributed by atoms with Gasteiger partial charge in [-0.25, -0.2) is 4.79 Å². The molecule has 2 rings (SSSR count). The average molecular weight is 559 g/mol. The van der Waals surface area contributed by atoms with Gasteiger partial charge in [-0.15, -0.1) is 0 Å². The third-order valence-corrected chi connectivity index (χ3v) is 6.56. The summed E-state index contributed by atoms with van der Waals surface area (Å²) in [6.07, 6.45) is 2.34. The number of aliphatic carboxylic acids is 1. The summed E-state index contributed by atoms with van der Waals surface area (Å²) in [6.45, 7) is 7.12. The van der Waals surface area contributed by atoms with Crippen LogP contribution < -0.4 is 33.2 Å². The third-order valence-electron chi connectivity index (χ3n) is 6.56. The van der Waals surface area contributed by atoms with E-state index in [1.165, 1.54) is 0 Å². The summed E-state index contributed by atoms with van der Waals surface area (Å²) in [5, 5.41) is 18.4. The highest BCUT2D eigenvalue weighted by Gasteiger charge is 2.32. The van der Waals surface area contributed by atoms with E-state index < -0.39 is 53.8 Å². The zero-order valence-electron chi connectivity index (χ0n) is 23.4. The molecule has 0 aliphatic carbocycles. The Bertz CT molecular complexity index is 1200. The Morgan fingerprint density at radius 1 is 0.925 bits per heavy atom. The number of para-hydroxylation sites is 1. The Hall–Kier alpha value is -4.13. The van der Waals surface area contributed by atoms with E-state index in [-0.39, 0.29) is 31.3 Å². The summed E-state index contributed by atoms with van der Waals surface area (Å²) in [5.41, 5.74) is 18.4. The molecule has 2 aromatic rings. The molecule has 0 radical (unpaired) electrons. The van der Waals surface area contributed by atoms with Crippen LogP contribution in [0.25, 0.3) is 10.9 Å². The second-order valence-electron chi connectivity index (χ2n) is 10.5. The van der Waals surface area contributed by atoms with Gasteiger partial charge in [-0.2, -0.15) is 0 Å². The fraction of sp³-hybridized carbons (Fsp3) is 0.519. The van der Waals surface area contributed by atoms with Crippen molar-refractivity contribution in [1.82, 2.24) is 20.9 Å². The number of aromatic nitrogens is 1. The first-order chi connectivity index (χ1) is 18.8. The molecular formula is C27H42N8O5. The highest BCUT2D eigenvalue weighted by atomic mass is 16.4. The Labute approximate surface area is 233 Å². The van der Waals surface area contributed by atoms with Crippen LogP contribution in [0.1, 0.15) is 46.1 Å². The number of nitrogens with one attached hydrogen (secondary N) is 4. The molecule has 0 saturated heterocycles. The van der Waals surface area contributed by atoms with Gasteiger partial charge in [0, 0.05) is 30.1 Å². The lowest BCUT2D eigenvalue weighted by atomic mass is 10.0. The van der Waals surface area contributed by atoms with Crippen molar-refractivity contribution in [2.45, 2.75) is 71.1 Å². The molecule has 13 heteroatoms. The van der Waals surface area contributed by atoms with E-state index in [4.69, 9.17) is 17.2 Å². The van der Waals surface area contributed by atoms with Crippen molar-refractivity contribution in [3.8, 4) is 0 Å². The lowest BCUT2D eigenvalue weighted by Crippen LogP contribution is -2.58. The lowest BCUT2D eigenvalue weighted by Gasteiger charge is -2.26. The van der Waals surface area contributed by atoms with Crippen LogP contribution in [0.2, 0.25) is 0 Å². The van der Waals surface area contributed by atoms with Crippen LogP contribution in [0, 0.1) is 11.8 Å². The molecular weight excluding hydrogens is 516 g/mol. The standard InChI is InChI=1S/C27H42N8O5/c1-14(2)21(28)25(38)34-20(12-16-13-32-18-9-6-5-8-17(16)18)24(37)33-19(10-7-11-31-27(29)30)23(36)35-22(15(3)4)26(39)40/h5-6,8-9,13-15,19-22,32H,7,10-12,28H2,1-4H3,(H,33,37)(H,34,38)(H,35,36)(H,39,40)(H4,29,30,31). The molecule has 0 saturated carbocycles. The number of fused-ring (bicyclic) bond motifs is 1. The maximum absolute atomic E-state index is 13.6. The first-order valence-electron chi connectivity index (χ1n) is 13.3. The van der Waals surface area contributed by atoms with Crippen LogP contribution >= 0.6 is 0 Å². The number of carboxylic acids is 1. The molecule has 4 atom stereocenters. The number of rotatable bonds is 15. The van der Waals surface area contributed by atoms with Crippen molar-refractivity contribution in [3.05, 3.63) is 36.0 Å². The first-order valence-corrected chi connectivity index (χ1v) is 13.3. The highest BCUT2D eigenvalue weighted by Crippen LogP contribution is 2.19. The third kappa shape index (κ3) is 9.26. The fourth-order valence-corrected chi connectivity index (χ4v) is 4.11. The van der Waals surface area contributed by atoms with Crippen molar-refractivity contribution in [2.24, 2.45) is 34.0 Å². The van der Waals surface area contributed by atoms with Gasteiger partial charge in [-0.05, 0) is 36.3 Å². The number of nitrogens with two attached hydrogens (primary N) is 3. The number of benzene rings is 1. The Morgan fingerprint density at radius 2 is 1.55 bits per heavy atom. The topological polar surface area (TPSA) is 231 Å². The van der Waals surface area contributed by atoms with Gasteiger partial charge < -0.3 is 43.2 Å². The Balaban J connectivity index is 2.33. The Kier molecular flexibility index (Phi) is 11.9. The maximum atomic E-state index is 13.6. The summed E-state index contributed by atoms with van der Waals surface area (Å²) in [6, 6.07) is 3.36. The number of carboxylic acid groups (broad SMARTS) is 1. The molecule has 0 spiro atoms. The van der Waals surface area contributed by atoms with E-state index in [9.17, 15) is 24.3 Å². The number of amides is 3. The number of hydrogen-bond acceptors (Lipinski definition) is 6. The van der Waals surface area contributed by atoms with Crippen molar-refractivity contribution in [1.29, 1.82) is 0 Å². The van der Waals surface area contributed by atoms with E-state index in [0.29, 0.717) is 6.42 Å². The first kappa shape index (κ1) is 32.1. The second-order valence-corrected chi connectivity index (χ2v) is 10.5. The number of hydrogen-bond donors (Lipinski definition) is 8. The largest absolute Gasteiger partial charge is 0.480 e.